The molecule has 1 spiro atoms. The molecular formula is C63H98O29. The third-order valence-electron chi connectivity index (χ3n) is 24.0. The van der Waals surface area contributed by atoms with Crippen molar-refractivity contribution in [3.05, 3.63) is 11.6 Å². The molecule has 12 heterocycles. The average Bonchev–Trinajstić information content (AvgIpc) is 0.674. The fourth-order valence-corrected chi connectivity index (χ4v) is 18.5. The molecule has 33 atom stereocenters. The van der Waals surface area contributed by atoms with E-state index >= 15 is 4.79 Å². The molecule has 92 heavy (non-hydrogen) atoms. The van der Waals surface area contributed by atoms with Crippen LogP contribution in [0.5, 0.6) is 0 Å². The van der Waals surface area contributed by atoms with E-state index in [0.717, 1.165) is 12.5 Å². The quantitative estimate of drug-likeness (QED) is 0.0590. The lowest BCUT2D eigenvalue weighted by Crippen LogP contribution is -2.70. The second-order valence-electron chi connectivity index (χ2n) is 30.5. The topological polar surface area (TPSA) is 445 Å². The zero-order valence-corrected chi connectivity index (χ0v) is 53.4. The van der Waals surface area contributed by atoms with Gasteiger partial charge in [0.05, 0.1) is 75.2 Å². The Labute approximate surface area is 533 Å². The highest BCUT2D eigenvalue weighted by Crippen LogP contribution is 2.76. The summed E-state index contributed by atoms with van der Waals surface area (Å²) >= 11 is 0. The summed E-state index contributed by atoms with van der Waals surface area (Å²) in [6, 6.07) is 0. The van der Waals surface area contributed by atoms with Gasteiger partial charge >= 0.3 is 17.9 Å². The van der Waals surface area contributed by atoms with Gasteiger partial charge in [-0.15, -0.1) is 0 Å². The van der Waals surface area contributed by atoms with E-state index in [-0.39, 0.29) is 29.6 Å². The van der Waals surface area contributed by atoms with Crippen molar-refractivity contribution in [2.24, 2.45) is 50.2 Å². The number of aliphatic hydroxyl groups excluding tert-OH is 13. The number of allylic oxidation sites excluding steroid dienone is 2. The van der Waals surface area contributed by atoms with Crippen molar-refractivity contribution in [2.75, 3.05) is 33.0 Å². The second kappa shape index (κ2) is 25.8. The lowest BCUT2D eigenvalue weighted by atomic mass is 9.33. The van der Waals surface area contributed by atoms with E-state index in [1.807, 2.05) is 6.92 Å². The van der Waals surface area contributed by atoms with E-state index in [2.05, 4.69) is 40.7 Å². The highest BCUT2D eigenvalue weighted by atomic mass is 16.8. The van der Waals surface area contributed by atoms with Crippen LogP contribution in [-0.2, 0) is 71.2 Å². The van der Waals surface area contributed by atoms with Gasteiger partial charge in [0, 0.05) is 5.41 Å². The summed E-state index contributed by atoms with van der Waals surface area (Å²) in [5.74, 6) is -3.90. The number of aliphatic hydroxyl groups is 14. The third-order valence-corrected chi connectivity index (χ3v) is 24.0. The highest BCUT2D eigenvalue weighted by Gasteiger charge is 2.72. The van der Waals surface area contributed by atoms with Crippen molar-refractivity contribution in [1.82, 2.24) is 0 Å². The molecule has 8 saturated heterocycles. The Kier molecular flexibility index (Phi) is 19.8. The molecule has 12 fully saturated rings. The summed E-state index contributed by atoms with van der Waals surface area (Å²) in [6.07, 6.45) is -36.9. The summed E-state index contributed by atoms with van der Waals surface area (Å²) in [7, 11) is 0. The molecule has 0 unspecified atom stereocenters. The Balaban J connectivity index is 0.951. The number of carbonyl (C=O) groups excluding carboxylic acids is 3. The van der Waals surface area contributed by atoms with Gasteiger partial charge in [-0.1, -0.05) is 53.2 Å². The van der Waals surface area contributed by atoms with Crippen LogP contribution >= 0.6 is 0 Å². The molecular weight excluding hydrogens is 1220 g/mol. The molecule has 5 aliphatic carbocycles. The summed E-state index contributed by atoms with van der Waals surface area (Å²) in [4.78, 5) is 43.1. The van der Waals surface area contributed by atoms with Crippen LogP contribution in [0, 0.1) is 50.2 Å². The first-order valence-electron chi connectivity index (χ1n) is 32.6. The molecule has 4 saturated carbocycles. The van der Waals surface area contributed by atoms with E-state index < -0.39 is 244 Å². The minimum Gasteiger partial charge on any atom is -0.457 e. The molecule has 524 valence electrons. The Morgan fingerprint density at radius 1 is 0.565 bits per heavy atom. The first-order chi connectivity index (χ1) is 43.1. The van der Waals surface area contributed by atoms with Gasteiger partial charge in [-0.3, -0.25) is 14.4 Å². The molecule has 12 bridgehead atoms. The van der Waals surface area contributed by atoms with Gasteiger partial charge in [-0.05, 0) is 111 Å². The third kappa shape index (κ3) is 12.1. The van der Waals surface area contributed by atoms with Gasteiger partial charge < -0.3 is 128 Å². The van der Waals surface area contributed by atoms with Crippen LogP contribution in [0.15, 0.2) is 11.6 Å². The zero-order valence-electron chi connectivity index (χ0n) is 53.4. The van der Waals surface area contributed by atoms with Crippen LogP contribution in [0.1, 0.15) is 126 Å². The number of esters is 3. The van der Waals surface area contributed by atoms with Crippen molar-refractivity contribution in [3.8, 4) is 0 Å². The maximum Gasteiger partial charge on any atom is 0.315 e. The van der Waals surface area contributed by atoms with Gasteiger partial charge in [0.2, 0.25) is 6.29 Å². The molecule has 17 rings (SSSR count). The molecule has 0 amide bonds. The van der Waals surface area contributed by atoms with E-state index in [9.17, 15) is 81.1 Å². The number of hydrogen-bond acceptors (Lipinski definition) is 29. The maximum absolute atomic E-state index is 15.6. The van der Waals surface area contributed by atoms with E-state index in [1.54, 1.807) is 0 Å². The fourth-order valence-electron chi connectivity index (χ4n) is 18.5. The van der Waals surface area contributed by atoms with Crippen LogP contribution < -0.4 is 0 Å². The summed E-state index contributed by atoms with van der Waals surface area (Å²) < 4.78 is 72.3. The second-order valence-corrected chi connectivity index (χ2v) is 30.5. The monoisotopic (exact) mass is 1320 g/mol. The van der Waals surface area contributed by atoms with Crippen molar-refractivity contribution in [3.63, 3.8) is 0 Å². The average molecular weight is 1320 g/mol. The van der Waals surface area contributed by atoms with Crippen molar-refractivity contribution < 1.29 is 143 Å². The lowest BCUT2D eigenvalue weighted by Gasteiger charge is -2.72. The molecule has 0 aromatic rings. The van der Waals surface area contributed by atoms with Gasteiger partial charge in [-0.25, -0.2) is 0 Å². The first-order valence-corrected chi connectivity index (χ1v) is 32.6. The van der Waals surface area contributed by atoms with E-state index in [0.29, 0.717) is 51.4 Å². The summed E-state index contributed by atoms with van der Waals surface area (Å²) in [6.45, 7) is 12.2. The standard InChI is InChI=1S/C63H98O29/c1-26-46-47(88-51-43(76)38(71)30(67)22-81-51)45(78)53(84-26)90-48-39(72)31(68)23-82-54(48)92-56(79)63-15-13-57(2,3)17-28(63)27-9-10-35-59(5)18-29(66)50(60(6,25-65)34(59)11-12-62(35,8)61(27,7)14-16-63)91-55-49(42(75)40(73)32(21-64)86-55)89-52-44(77)41(74)33(24-83-52)85-36(69)19-58(4,80)20-37(70)87-46/h9,26,28-35,38-55,64-68,71-78,80H,10-25H2,1-8H3/t26-,28-,29-,30+,31-,32+,33-,34+,35+,38-,39-,40+,41-,42-,43+,44+,45+,46-,47-,48+,49+,50-,51-,52-,53-,54-,55-,58+,59-,60-,61+,62+,63-/m0/s1. The van der Waals surface area contributed by atoms with Crippen LogP contribution in [0.4, 0.5) is 0 Å². The Hall–Kier alpha value is -2.77. The van der Waals surface area contributed by atoms with Crippen LogP contribution in [0.2, 0.25) is 0 Å². The minimum absolute atomic E-state index is 0.109. The molecule has 12 aliphatic heterocycles. The molecule has 29 heteroatoms. The predicted molar refractivity (Wildman–Crippen MR) is 306 cm³/mol. The highest BCUT2D eigenvalue weighted by molar-refractivity contribution is 5.79. The zero-order chi connectivity index (χ0) is 66.9. The normalized spacial score (nSPS) is 54.4. The van der Waals surface area contributed by atoms with Crippen LogP contribution in [0.25, 0.3) is 0 Å². The van der Waals surface area contributed by atoms with Crippen LogP contribution in [-0.4, -0.2) is 275 Å². The summed E-state index contributed by atoms with van der Waals surface area (Å²) in [5.41, 5.74) is -5.49. The van der Waals surface area contributed by atoms with Crippen LogP contribution in [0.3, 0.4) is 0 Å². The number of carbonyl (C=O) groups is 3. The number of hydrogen-bond donors (Lipinski definition) is 14. The van der Waals surface area contributed by atoms with Crippen molar-refractivity contribution in [1.29, 1.82) is 0 Å². The Bertz CT molecular complexity index is 2700. The minimum atomic E-state index is -2.29. The molecule has 0 radical (unpaired) electrons. The molecule has 0 aromatic heterocycles. The van der Waals surface area contributed by atoms with Gasteiger partial charge in [-0.2, -0.15) is 0 Å². The maximum atomic E-state index is 15.6. The van der Waals surface area contributed by atoms with Gasteiger partial charge in [0.25, 0.3) is 0 Å². The Morgan fingerprint density at radius 3 is 1.90 bits per heavy atom. The van der Waals surface area contributed by atoms with E-state index in [1.165, 1.54) is 6.92 Å². The predicted octanol–water partition coefficient (Wildman–Crippen LogP) is -2.68. The Morgan fingerprint density at radius 2 is 1.21 bits per heavy atom. The molecule has 29 nitrogen and oxygen atoms in total. The number of rotatable bonds is 4. The largest absolute Gasteiger partial charge is 0.457 e. The molecule has 17 aliphatic rings. The fraction of sp³-hybridized carbons (Fsp3) is 0.921. The van der Waals surface area contributed by atoms with Gasteiger partial charge in [0.15, 0.2) is 43.5 Å². The molecule has 14 N–H and O–H groups in total. The number of ether oxygens (including phenoxy) is 12. The van der Waals surface area contributed by atoms with E-state index in [4.69, 9.17) is 56.8 Å². The smallest absolute Gasteiger partial charge is 0.315 e. The van der Waals surface area contributed by atoms with Crippen molar-refractivity contribution >= 4 is 17.9 Å². The first kappa shape index (κ1) is 70.5. The lowest BCUT2D eigenvalue weighted by molar-refractivity contribution is -0.377. The van der Waals surface area contributed by atoms with Crippen molar-refractivity contribution in [2.45, 2.75) is 279 Å². The molecule has 0 aromatic carbocycles. The summed E-state index contributed by atoms with van der Waals surface area (Å²) in [5, 5.41) is 159. The van der Waals surface area contributed by atoms with Gasteiger partial charge in [0.1, 0.15) is 79.4 Å². The SMILES string of the molecule is C[C@@H]1O[C@H]2O[C@H]3[C@@H](OC[C@H](O)[C@@H]3O)OC(=O)[C@]34CCC(C)(C)C[C@H]3C3=CC[C@@H]5[C@@]6(C)C[C@H](O)[C@H](O[C@@H]7O[C@H](CO)[C@@H](O)[C@H](O)[C@H]7O[C@@H]7OC[C@H](OC(=O)C[C@@](C)(O)CC(=O)O[C@@H]1[C@@H](O[C@@H]1OC[C@@H](O)[C@H](O)[C@H]1O)[C@H]2O)[C@H](O)[C@H]7O)[C@@](C)(CO)[C@@H]6CC[C@@]5(C)[C@]3(C)CC4.